The first kappa shape index (κ1) is 14.2. The topological polar surface area (TPSA) is 66.8 Å². The Morgan fingerprint density at radius 1 is 1.15 bits per heavy atom. The predicted molar refractivity (Wildman–Crippen MR) is 80.9 cm³/mol. The minimum absolute atomic E-state index is 0.598. The van der Waals surface area contributed by atoms with Gasteiger partial charge in [0.2, 0.25) is 11.9 Å². The summed E-state index contributed by atoms with van der Waals surface area (Å²) < 4.78 is 0. The van der Waals surface area contributed by atoms with Gasteiger partial charge < -0.3 is 10.2 Å². The molecular weight excluding hydrogens is 252 g/mol. The number of pyridine rings is 1. The quantitative estimate of drug-likeness (QED) is 0.899. The molecule has 6 nitrogen and oxygen atoms in total. The lowest BCUT2D eigenvalue weighted by Gasteiger charge is -2.13. The van der Waals surface area contributed by atoms with Crippen molar-refractivity contribution in [2.45, 2.75) is 20.3 Å². The lowest BCUT2D eigenvalue weighted by atomic mass is 10.2. The summed E-state index contributed by atoms with van der Waals surface area (Å²) >= 11 is 0. The largest absolute Gasteiger partial charge is 0.354 e. The fourth-order valence-electron chi connectivity index (χ4n) is 1.61. The Balaban J connectivity index is 2.40. The summed E-state index contributed by atoms with van der Waals surface area (Å²) in [6, 6.07) is 3.92. The predicted octanol–water partition coefficient (Wildman–Crippen LogP) is 2.13. The third-order valence-electron chi connectivity index (χ3n) is 2.73. The average molecular weight is 272 g/mol. The molecule has 0 aliphatic carbocycles. The van der Waals surface area contributed by atoms with Gasteiger partial charge in [-0.1, -0.05) is 6.92 Å². The number of nitrogens with zero attached hydrogens (tertiary/aromatic N) is 5. The average Bonchev–Trinajstić information content (AvgIpc) is 2.45. The van der Waals surface area contributed by atoms with Gasteiger partial charge in [0.25, 0.3) is 0 Å². The maximum Gasteiger partial charge on any atom is 0.230 e. The number of hydrogen-bond donors (Lipinski definition) is 1. The molecule has 0 aliphatic rings. The fourth-order valence-corrected chi connectivity index (χ4v) is 1.61. The highest BCUT2D eigenvalue weighted by atomic mass is 15.3. The van der Waals surface area contributed by atoms with Gasteiger partial charge in [-0.2, -0.15) is 15.0 Å². The van der Waals surface area contributed by atoms with Crippen LogP contribution < -0.4 is 10.2 Å². The monoisotopic (exact) mass is 272 g/mol. The smallest absolute Gasteiger partial charge is 0.230 e. The number of aryl methyl sites for hydroxylation is 1. The first-order valence-corrected chi connectivity index (χ1v) is 6.70. The van der Waals surface area contributed by atoms with Crippen LogP contribution in [0.1, 0.15) is 19.0 Å². The molecule has 2 heterocycles. The van der Waals surface area contributed by atoms with Crippen molar-refractivity contribution in [2.24, 2.45) is 0 Å². The van der Waals surface area contributed by atoms with Crippen molar-refractivity contribution in [2.75, 3.05) is 30.9 Å². The first-order chi connectivity index (χ1) is 9.60. The van der Waals surface area contributed by atoms with Gasteiger partial charge in [0.15, 0.2) is 5.82 Å². The van der Waals surface area contributed by atoms with Crippen LogP contribution in [-0.4, -0.2) is 40.6 Å². The van der Waals surface area contributed by atoms with E-state index in [0.29, 0.717) is 17.7 Å². The highest BCUT2D eigenvalue weighted by Gasteiger charge is 2.09. The van der Waals surface area contributed by atoms with Gasteiger partial charge in [0.05, 0.1) is 0 Å². The van der Waals surface area contributed by atoms with Crippen LogP contribution in [0.4, 0.5) is 11.9 Å². The number of rotatable bonds is 5. The van der Waals surface area contributed by atoms with E-state index in [9.17, 15) is 0 Å². The molecule has 6 heteroatoms. The second-order valence-corrected chi connectivity index (χ2v) is 4.79. The van der Waals surface area contributed by atoms with E-state index in [1.807, 2.05) is 38.1 Å². The van der Waals surface area contributed by atoms with E-state index in [4.69, 9.17) is 0 Å². The van der Waals surface area contributed by atoms with Crippen molar-refractivity contribution in [3.8, 4) is 11.4 Å². The molecule has 0 aromatic carbocycles. The Bertz CT molecular complexity index is 564. The molecular formula is C14H20N6. The number of aromatic nitrogens is 4. The van der Waals surface area contributed by atoms with Crippen molar-refractivity contribution in [3.05, 3.63) is 24.0 Å². The van der Waals surface area contributed by atoms with Gasteiger partial charge in [-0.3, -0.25) is 4.98 Å². The van der Waals surface area contributed by atoms with Crippen molar-refractivity contribution in [3.63, 3.8) is 0 Å². The summed E-state index contributed by atoms with van der Waals surface area (Å²) in [5.41, 5.74) is 1.86. The highest BCUT2D eigenvalue weighted by molar-refractivity contribution is 5.57. The van der Waals surface area contributed by atoms with E-state index < -0.39 is 0 Å². The Morgan fingerprint density at radius 2 is 1.95 bits per heavy atom. The Morgan fingerprint density at radius 3 is 2.55 bits per heavy atom. The number of hydrogen-bond acceptors (Lipinski definition) is 6. The van der Waals surface area contributed by atoms with Gasteiger partial charge in [-0.05, 0) is 25.5 Å². The lowest BCUT2D eigenvalue weighted by Crippen LogP contribution is -2.16. The molecule has 0 aliphatic heterocycles. The highest BCUT2D eigenvalue weighted by Crippen LogP contribution is 2.18. The van der Waals surface area contributed by atoms with Gasteiger partial charge in [0.1, 0.15) is 0 Å². The van der Waals surface area contributed by atoms with Crippen molar-refractivity contribution >= 4 is 11.9 Å². The van der Waals surface area contributed by atoms with Crippen LogP contribution in [0.15, 0.2) is 18.3 Å². The second kappa shape index (κ2) is 6.27. The van der Waals surface area contributed by atoms with E-state index in [1.165, 1.54) is 0 Å². The molecule has 0 bridgehead atoms. The van der Waals surface area contributed by atoms with Crippen LogP contribution >= 0.6 is 0 Å². The van der Waals surface area contributed by atoms with Crippen molar-refractivity contribution in [1.29, 1.82) is 0 Å². The molecule has 0 amide bonds. The van der Waals surface area contributed by atoms with E-state index in [2.05, 4.69) is 32.2 Å². The third kappa shape index (κ3) is 3.40. The van der Waals surface area contributed by atoms with Crippen LogP contribution in [-0.2, 0) is 0 Å². The van der Waals surface area contributed by atoms with Gasteiger partial charge in [-0.15, -0.1) is 0 Å². The Kier molecular flexibility index (Phi) is 4.45. The molecule has 0 saturated heterocycles. The summed E-state index contributed by atoms with van der Waals surface area (Å²) in [5.74, 6) is 1.87. The second-order valence-electron chi connectivity index (χ2n) is 4.79. The van der Waals surface area contributed by atoms with E-state index in [1.54, 1.807) is 6.20 Å². The van der Waals surface area contributed by atoms with Gasteiger partial charge in [-0.25, -0.2) is 0 Å². The van der Waals surface area contributed by atoms with Crippen LogP contribution in [0.25, 0.3) is 11.4 Å². The van der Waals surface area contributed by atoms with Gasteiger partial charge in [0, 0.05) is 38.1 Å². The third-order valence-corrected chi connectivity index (χ3v) is 2.73. The van der Waals surface area contributed by atoms with Crippen LogP contribution in [0.2, 0.25) is 0 Å². The summed E-state index contributed by atoms with van der Waals surface area (Å²) in [6.45, 7) is 4.89. The normalized spacial score (nSPS) is 10.4. The number of nitrogens with one attached hydrogen (secondary N) is 1. The summed E-state index contributed by atoms with van der Waals surface area (Å²) in [5, 5.41) is 3.20. The molecule has 0 spiro atoms. The standard InChI is InChI=1S/C14H20N6/c1-5-8-15-13-17-12(18-14(19-13)20(3)4)11-7-6-10(2)16-9-11/h6-7,9H,5,8H2,1-4H3,(H,15,17,18,19). The molecule has 0 radical (unpaired) electrons. The molecule has 2 aromatic heterocycles. The van der Waals surface area contributed by atoms with Crippen molar-refractivity contribution in [1.82, 2.24) is 19.9 Å². The summed E-state index contributed by atoms with van der Waals surface area (Å²) in [6.07, 6.45) is 2.80. The molecule has 20 heavy (non-hydrogen) atoms. The fraction of sp³-hybridized carbons (Fsp3) is 0.429. The Labute approximate surface area is 119 Å². The zero-order valence-electron chi connectivity index (χ0n) is 12.4. The van der Waals surface area contributed by atoms with Crippen molar-refractivity contribution < 1.29 is 0 Å². The maximum atomic E-state index is 4.46. The molecule has 0 atom stereocenters. The van der Waals surface area contributed by atoms with Crippen LogP contribution in [0.3, 0.4) is 0 Å². The molecule has 0 unspecified atom stereocenters. The molecule has 2 aromatic rings. The van der Waals surface area contributed by atoms with Crippen LogP contribution in [0, 0.1) is 6.92 Å². The maximum absolute atomic E-state index is 4.46. The van der Waals surface area contributed by atoms with E-state index in [0.717, 1.165) is 24.2 Å². The molecule has 106 valence electrons. The molecule has 2 rings (SSSR count). The van der Waals surface area contributed by atoms with Gasteiger partial charge >= 0.3 is 0 Å². The minimum atomic E-state index is 0.598. The molecule has 0 fully saturated rings. The molecule has 1 N–H and O–H groups in total. The van der Waals surface area contributed by atoms with E-state index >= 15 is 0 Å². The SMILES string of the molecule is CCCNc1nc(-c2ccc(C)nc2)nc(N(C)C)n1. The summed E-state index contributed by atoms with van der Waals surface area (Å²) in [4.78, 5) is 19.5. The zero-order chi connectivity index (χ0) is 14.5. The first-order valence-electron chi connectivity index (χ1n) is 6.70. The number of anilines is 2. The van der Waals surface area contributed by atoms with E-state index in [-0.39, 0.29) is 0 Å². The Hall–Kier alpha value is -2.24. The van der Waals surface area contributed by atoms with Crippen LogP contribution in [0.5, 0.6) is 0 Å². The minimum Gasteiger partial charge on any atom is -0.354 e. The molecule has 0 saturated carbocycles. The summed E-state index contributed by atoms with van der Waals surface area (Å²) in [7, 11) is 3.83. The zero-order valence-corrected chi connectivity index (χ0v) is 12.4. The lowest BCUT2D eigenvalue weighted by molar-refractivity contribution is 0.919.